The molecule has 0 saturated heterocycles. The van der Waals surface area contributed by atoms with Gasteiger partial charge in [0.25, 0.3) is 11.8 Å². The molecule has 0 radical (unpaired) electrons. The van der Waals surface area contributed by atoms with Crippen molar-refractivity contribution in [1.82, 2.24) is 29.9 Å². The average molecular weight is 731 g/mol. The standard InChI is InChI=1S/C35H39ClF4N8O3/c1-32(2,3)18-35(23-10-7-20(8-11-23)22-15-44-47(16-22)30(37)38)29(50)48(31(41)45-35)26(17-51-27(49)14-33(4,5)34(6,39)40)21-9-12-25(36)24(13-21)28-42-19-43-46-28/h7-13,15-16,19,26,30H,14,17-18H2,1-6H3,(H2,41,45)(H,42,43,46)/t26-,35-/m1/s1. The van der Waals surface area contributed by atoms with Crippen molar-refractivity contribution in [2.45, 2.75) is 78.4 Å². The third kappa shape index (κ3) is 7.77. The number of alkyl halides is 4. The van der Waals surface area contributed by atoms with Crippen molar-refractivity contribution in [2.75, 3.05) is 6.61 Å². The minimum Gasteiger partial charge on any atom is -0.463 e. The van der Waals surface area contributed by atoms with E-state index in [0.29, 0.717) is 43.3 Å². The Morgan fingerprint density at radius 1 is 1.06 bits per heavy atom. The van der Waals surface area contributed by atoms with E-state index in [2.05, 4.69) is 20.3 Å². The maximum atomic E-state index is 14.9. The largest absolute Gasteiger partial charge is 0.463 e. The second-order valence-corrected chi connectivity index (χ2v) is 14.9. The normalized spacial score (nSPS) is 17.6. The first-order valence-corrected chi connectivity index (χ1v) is 16.4. The number of guanidine groups is 1. The van der Waals surface area contributed by atoms with Crippen LogP contribution in [-0.2, 0) is 19.9 Å². The summed E-state index contributed by atoms with van der Waals surface area (Å²) in [6, 6.07) is 10.5. The van der Waals surface area contributed by atoms with E-state index in [9.17, 15) is 27.2 Å². The number of H-pyrrole nitrogens is 1. The van der Waals surface area contributed by atoms with Crippen molar-refractivity contribution in [2.24, 2.45) is 21.6 Å². The molecule has 4 aromatic rings. The number of carbonyl (C=O) groups excluding carboxylic acids is 2. The summed E-state index contributed by atoms with van der Waals surface area (Å²) >= 11 is 6.51. The van der Waals surface area contributed by atoms with E-state index in [1.807, 2.05) is 20.8 Å². The molecule has 2 atom stereocenters. The number of hydrogen-bond acceptors (Lipinski definition) is 8. The van der Waals surface area contributed by atoms with Crippen molar-refractivity contribution in [3.8, 4) is 22.5 Å². The number of hydrogen-bond donors (Lipinski definition) is 2. The molecule has 16 heteroatoms. The maximum absolute atomic E-state index is 14.9. The number of esters is 1. The van der Waals surface area contributed by atoms with Crippen LogP contribution in [0.3, 0.4) is 0 Å². The van der Waals surface area contributed by atoms with E-state index in [1.54, 1.807) is 42.5 Å². The summed E-state index contributed by atoms with van der Waals surface area (Å²) in [5.74, 6) is -4.43. The summed E-state index contributed by atoms with van der Waals surface area (Å²) in [7, 11) is 0. The quantitative estimate of drug-likeness (QED) is 0.113. The predicted octanol–water partition coefficient (Wildman–Crippen LogP) is 7.53. The highest BCUT2D eigenvalue weighted by atomic mass is 35.5. The van der Waals surface area contributed by atoms with Gasteiger partial charge in [0, 0.05) is 22.7 Å². The van der Waals surface area contributed by atoms with Crippen molar-refractivity contribution in [3.63, 3.8) is 0 Å². The lowest BCUT2D eigenvalue weighted by Gasteiger charge is -2.35. The highest BCUT2D eigenvalue weighted by Gasteiger charge is 2.53. The van der Waals surface area contributed by atoms with Crippen LogP contribution in [0.1, 0.15) is 78.1 Å². The molecule has 2 aromatic carbocycles. The van der Waals surface area contributed by atoms with Crippen LogP contribution in [0.4, 0.5) is 17.6 Å². The molecule has 3 N–H and O–H groups in total. The molecule has 0 unspecified atom stereocenters. The third-order valence-electron chi connectivity index (χ3n) is 8.94. The van der Waals surface area contributed by atoms with Crippen LogP contribution in [-0.4, -0.2) is 60.2 Å². The Balaban J connectivity index is 1.55. The first-order valence-electron chi connectivity index (χ1n) is 16.0. The predicted molar refractivity (Wildman–Crippen MR) is 183 cm³/mol. The summed E-state index contributed by atoms with van der Waals surface area (Å²) in [6.45, 7) is 5.83. The van der Waals surface area contributed by atoms with Crippen molar-refractivity contribution < 1.29 is 31.9 Å². The van der Waals surface area contributed by atoms with Gasteiger partial charge in [-0.05, 0) is 47.6 Å². The molecule has 11 nitrogen and oxygen atoms in total. The fourth-order valence-corrected chi connectivity index (χ4v) is 6.14. The van der Waals surface area contributed by atoms with E-state index >= 15 is 0 Å². The van der Waals surface area contributed by atoms with Gasteiger partial charge in [-0.25, -0.2) is 23.4 Å². The second-order valence-electron chi connectivity index (χ2n) is 14.5. The average Bonchev–Trinajstić information content (AvgIpc) is 3.79. The van der Waals surface area contributed by atoms with E-state index < -0.39 is 59.8 Å². The maximum Gasteiger partial charge on any atom is 0.333 e. The molecule has 5 rings (SSSR count). The Morgan fingerprint density at radius 3 is 2.31 bits per heavy atom. The molecule has 0 aliphatic carbocycles. The van der Waals surface area contributed by atoms with Gasteiger partial charge in [-0.1, -0.05) is 76.6 Å². The number of rotatable bonds is 12. The number of aromatic amines is 1. The highest BCUT2D eigenvalue weighted by Crippen LogP contribution is 2.46. The Kier molecular flexibility index (Phi) is 10.1. The first-order chi connectivity index (χ1) is 23.7. The molecular formula is C35H39ClF4N8O3. The van der Waals surface area contributed by atoms with Gasteiger partial charge in [-0.3, -0.25) is 19.6 Å². The number of halogens is 5. The van der Waals surface area contributed by atoms with Gasteiger partial charge in [0.05, 0.1) is 23.7 Å². The molecule has 1 amide bonds. The van der Waals surface area contributed by atoms with Gasteiger partial charge in [0.1, 0.15) is 12.9 Å². The Hall–Kier alpha value is -4.79. The van der Waals surface area contributed by atoms with E-state index in [0.717, 1.165) is 6.92 Å². The summed E-state index contributed by atoms with van der Waals surface area (Å²) in [5, 5.41) is 10.6. The molecule has 0 spiro atoms. The topological polar surface area (TPSA) is 144 Å². The molecule has 0 saturated carbocycles. The summed E-state index contributed by atoms with van der Waals surface area (Å²) < 4.78 is 61.0. The number of ether oxygens (including phenoxy) is 1. The van der Waals surface area contributed by atoms with E-state index in [-0.39, 0.29) is 12.4 Å². The molecule has 1 aliphatic rings. The third-order valence-corrected chi connectivity index (χ3v) is 9.27. The van der Waals surface area contributed by atoms with Gasteiger partial charge >= 0.3 is 12.5 Å². The van der Waals surface area contributed by atoms with Gasteiger partial charge in [0.15, 0.2) is 17.3 Å². The lowest BCUT2D eigenvalue weighted by atomic mass is 9.75. The molecular weight excluding hydrogens is 692 g/mol. The smallest absolute Gasteiger partial charge is 0.333 e. The molecule has 3 heterocycles. The Morgan fingerprint density at radius 2 is 1.75 bits per heavy atom. The number of aromatic nitrogens is 5. The first kappa shape index (κ1) is 37.5. The number of aliphatic imine (C=N–C) groups is 1. The van der Waals surface area contributed by atoms with Crippen LogP contribution < -0.4 is 5.73 Å². The van der Waals surface area contributed by atoms with Crippen LogP contribution in [0, 0.1) is 10.8 Å². The zero-order valence-corrected chi connectivity index (χ0v) is 29.7. The Labute approximate surface area is 297 Å². The number of nitrogens with zero attached hydrogens (tertiary/aromatic N) is 6. The second kappa shape index (κ2) is 13.7. The zero-order chi connectivity index (χ0) is 37.5. The molecule has 51 heavy (non-hydrogen) atoms. The van der Waals surface area contributed by atoms with Crippen LogP contribution >= 0.6 is 11.6 Å². The number of nitrogens with two attached hydrogens (primary N) is 1. The summed E-state index contributed by atoms with van der Waals surface area (Å²) in [6.07, 6.45) is 3.44. The lowest BCUT2D eigenvalue weighted by molar-refractivity contribution is -0.157. The zero-order valence-electron chi connectivity index (χ0n) is 28.9. The molecule has 272 valence electrons. The molecule has 1 aliphatic heterocycles. The molecule has 0 bridgehead atoms. The van der Waals surface area contributed by atoms with Crippen LogP contribution in [0.5, 0.6) is 0 Å². The number of nitrogens with one attached hydrogen (secondary N) is 1. The van der Waals surface area contributed by atoms with E-state index in [1.165, 1.54) is 37.5 Å². The number of amides is 1. The lowest BCUT2D eigenvalue weighted by Crippen LogP contribution is -2.47. The van der Waals surface area contributed by atoms with Gasteiger partial charge in [-0.15, -0.1) is 0 Å². The van der Waals surface area contributed by atoms with Crippen LogP contribution in [0.15, 0.2) is 66.2 Å². The SMILES string of the molecule is CC(C)(C)C[C@]1(c2ccc(-c3cnn(C(F)F)c3)cc2)N=C(N)N([C@H](COC(=O)CC(C)(C)C(C)(F)F)c2ccc(Cl)c(-c3ncn[nH]3)c2)C1=O. The number of carbonyl (C=O) groups is 2. The molecule has 0 fully saturated rings. The Bertz CT molecular complexity index is 1920. The minimum atomic E-state index is -3.18. The summed E-state index contributed by atoms with van der Waals surface area (Å²) in [4.78, 5) is 38.1. The number of benzene rings is 2. The van der Waals surface area contributed by atoms with Crippen molar-refractivity contribution in [3.05, 3.63) is 77.3 Å². The molecule has 2 aromatic heterocycles. The summed E-state index contributed by atoms with van der Waals surface area (Å²) in [5.41, 5.74) is 5.27. The van der Waals surface area contributed by atoms with Gasteiger partial charge in [0.2, 0.25) is 0 Å². The van der Waals surface area contributed by atoms with Crippen molar-refractivity contribution >= 4 is 29.4 Å². The van der Waals surface area contributed by atoms with Crippen LogP contribution in [0.25, 0.3) is 22.5 Å². The fraction of sp³-hybridized carbons (Fsp3) is 0.429. The van der Waals surface area contributed by atoms with Crippen LogP contribution in [0.2, 0.25) is 5.02 Å². The fourth-order valence-electron chi connectivity index (χ4n) is 5.93. The van der Waals surface area contributed by atoms with Crippen molar-refractivity contribution in [1.29, 1.82) is 0 Å². The minimum absolute atomic E-state index is 0.163. The monoisotopic (exact) mass is 730 g/mol. The van der Waals surface area contributed by atoms with E-state index in [4.69, 9.17) is 27.1 Å². The highest BCUT2D eigenvalue weighted by molar-refractivity contribution is 6.33. The van der Waals surface area contributed by atoms with Gasteiger partial charge in [-0.2, -0.15) is 19.0 Å². The van der Waals surface area contributed by atoms with Gasteiger partial charge < -0.3 is 10.5 Å².